The maximum Gasteiger partial charge on any atom is 0.335 e. The van der Waals surface area contributed by atoms with Gasteiger partial charge in [0.15, 0.2) is 11.5 Å². The average Bonchev–Trinajstić information content (AvgIpc) is 2.68. The second-order valence-electron chi connectivity index (χ2n) is 5.22. The number of carboxylic acid groups (broad SMARTS) is 1. The summed E-state index contributed by atoms with van der Waals surface area (Å²) in [4.78, 5) is 23.3. The predicted molar refractivity (Wildman–Crippen MR) is 98.9 cm³/mol. The van der Waals surface area contributed by atoms with Gasteiger partial charge in [-0.3, -0.25) is 4.79 Å². The Labute approximate surface area is 155 Å². The summed E-state index contributed by atoms with van der Waals surface area (Å²) in [7, 11) is 2.97. The van der Waals surface area contributed by atoms with Crippen molar-refractivity contribution in [2.24, 2.45) is 0 Å². The lowest BCUT2D eigenvalue weighted by atomic mass is 10.2. The Hall–Kier alpha value is -3.99. The van der Waals surface area contributed by atoms with E-state index in [0.717, 1.165) is 0 Å². The second kappa shape index (κ2) is 8.92. The number of hydrogen-bond acceptors (Lipinski definition) is 6. The Morgan fingerprint density at radius 3 is 2.44 bits per heavy atom. The largest absolute Gasteiger partial charge is 0.493 e. The van der Waals surface area contributed by atoms with Gasteiger partial charge in [-0.15, -0.1) is 0 Å². The molecule has 8 heteroatoms. The van der Waals surface area contributed by atoms with Gasteiger partial charge in [0.2, 0.25) is 0 Å². The van der Waals surface area contributed by atoms with Crippen LogP contribution in [0, 0.1) is 11.3 Å². The zero-order valence-electron chi connectivity index (χ0n) is 14.6. The third kappa shape index (κ3) is 4.99. The zero-order chi connectivity index (χ0) is 19.8. The molecule has 0 aromatic heterocycles. The normalized spacial score (nSPS) is 10.5. The molecule has 0 radical (unpaired) electrons. The van der Waals surface area contributed by atoms with Crippen LogP contribution in [0.5, 0.6) is 11.5 Å². The smallest absolute Gasteiger partial charge is 0.335 e. The van der Waals surface area contributed by atoms with Crippen LogP contribution in [-0.4, -0.2) is 31.2 Å². The number of amides is 1. The van der Waals surface area contributed by atoms with Gasteiger partial charge in [-0.25, -0.2) is 4.79 Å². The van der Waals surface area contributed by atoms with Crippen molar-refractivity contribution in [2.45, 2.75) is 0 Å². The van der Waals surface area contributed by atoms with E-state index in [2.05, 4.69) is 10.6 Å². The molecule has 0 aliphatic rings. The Morgan fingerprint density at radius 2 is 1.81 bits per heavy atom. The minimum atomic E-state index is -1.07. The average molecular weight is 367 g/mol. The maximum absolute atomic E-state index is 12.3. The lowest BCUT2D eigenvalue weighted by molar-refractivity contribution is -0.112. The molecule has 2 aromatic rings. The standard InChI is InChI=1S/C19H17N3O5/c1-26-16-7-6-15(9-17(16)27-2)22-18(23)13(10-20)11-21-14-5-3-4-12(8-14)19(24)25/h3-9,11,21H,1-2H3,(H,22,23)(H,24,25)/b13-11-. The first kappa shape index (κ1) is 19.3. The topological polar surface area (TPSA) is 121 Å². The molecule has 0 saturated heterocycles. The lowest BCUT2D eigenvalue weighted by Gasteiger charge is -2.10. The van der Waals surface area contributed by atoms with Crippen molar-refractivity contribution in [2.75, 3.05) is 24.9 Å². The molecule has 27 heavy (non-hydrogen) atoms. The van der Waals surface area contributed by atoms with Crippen LogP contribution in [0.25, 0.3) is 0 Å². The number of hydrogen-bond donors (Lipinski definition) is 3. The van der Waals surface area contributed by atoms with Crippen molar-refractivity contribution < 1.29 is 24.2 Å². The Kier molecular flexibility index (Phi) is 6.39. The number of nitriles is 1. The third-order valence-corrected chi connectivity index (χ3v) is 3.50. The van der Waals surface area contributed by atoms with Crippen LogP contribution < -0.4 is 20.1 Å². The number of aromatic carboxylic acids is 1. The summed E-state index contributed by atoms with van der Waals surface area (Å²) in [5, 5.41) is 23.5. The summed E-state index contributed by atoms with van der Waals surface area (Å²) in [5.41, 5.74) is 0.750. The molecule has 3 N–H and O–H groups in total. The highest BCUT2D eigenvalue weighted by molar-refractivity contribution is 6.06. The number of benzene rings is 2. The predicted octanol–water partition coefficient (Wildman–Crippen LogP) is 2.86. The molecule has 0 aliphatic carbocycles. The maximum atomic E-state index is 12.3. The SMILES string of the molecule is COc1ccc(NC(=O)/C(C#N)=C\Nc2cccc(C(=O)O)c2)cc1OC. The monoisotopic (exact) mass is 367 g/mol. The molecule has 0 saturated carbocycles. The third-order valence-electron chi connectivity index (χ3n) is 3.50. The van der Waals surface area contributed by atoms with Crippen LogP contribution >= 0.6 is 0 Å². The van der Waals surface area contributed by atoms with Crippen LogP contribution in [0.4, 0.5) is 11.4 Å². The van der Waals surface area contributed by atoms with Gasteiger partial charge in [-0.2, -0.15) is 5.26 Å². The molecule has 0 spiro atoms. The molecular weight excluding hydrogens is 350 g/mol. The van der Waals surface area contributed by atoms with Crippen LogP contribution in [-0.2, 0) is 4.79 Å². The second-order valence-corrected chi connectivity index (χ2v) is 5.22. The molecule has 0 bridgehead atoms. The molecule has 2 aromatic carbocycles. The molecule has 0 heterocycles. The number of carboxylic acids is 1. The van der Waals surface area contributed by atoms with E-state index in [-0.39, 0.29) is 11.1 Å². The fourth-order valence-corrected chi connectivity index (χ4v) is 2.16. The summed E-state index contributed by atoms with van der Waals surface area (Å²) in [6.45, 7) is 0. The number of ether oxygens (including phenoxy) is 2. The van der Waals surface area contributed by atoms with Gasteiger partial charge in [-0.05, 0) is 30.3 Å². The number of nitrogens with one attached hydrogen (secondary N) is 2. The van der Waals surface area contributed by atoms with Crippen LogP contribution in [0.2, 0.25) is 0 Å². The number of anilines is 2. The first-order valence-electron chi connectivity index (χ1n) is 7.72. The van der Waals surface area contributed by atoms with Crippen molar-refractivity contribution in [1.82, 2.24) is 0 Å². The van der Waals surface area contributed by atoms with Crippen LogP contribution in [0.3, 0.4) is 0 Å². The number of nitrogens with zero attached hydrogens (tertiary/aromatic N) is 1. The van der Waals surface area contributed by atoms with E-state index >= 15 is 0 Å². The Morgan fingerprint density at radius 1 is 1.07 bits per heavy atom. The summed E-state index contributed by atoms with van der Waals surface area (Å²) < 4.78 is 10.3. The van der Waals surface area contributed by atoms with Gasteiger partial charge in [0, 0.05) is 23.6 Å². The number of methoxy groups -OCH3 is 2. The van der Waals surface area contributed by atoms with Gasteiger partial charge in [-0.1, -0.05) is 6.07 Å². The Bertz CT molecular complexity index is 931. The highest BCUT2D eigenvalue weighted by Crippen LogP contribution is 2.29. The minimum Gasteiger partial charge on any atom is -0.493 e. The van der Waals surface area contributed by atoms with E-state index in [4.69, 9.17) is 14.6 Å². The van der Waals surface area contributed by atoms with Crippen LogP contribution in [0.1, 0.15) is 10.4 Å². The quantitative estimate of drug-likeness (QED) is 0.508. The van der Waals surface area contributed by atoms with E-state index in [9.17, 15) is 14.9 Å². The molecule has 138 valence electrons. The van der Waals surface area contributed by atoms with E-state index in [0.29, 0.717) is 22.9 Å². The molecule has 0 aliphatic heterocycles. The van der Waals surface area contributed by atoms with Gasteiger partial charge >= 0.3 is 5.97 Å². The molecule has 8 nitrogen and oxygen atoms in total. The molecule has 0 fully saturated rings. The van der Waals surface area contributed by atoms with E-state index in [1.165, 1.54) is 32.6 Å². The van der Waals surface area contributed by atoms with Crippen LogP contribution in [0.15, 0.2) is 54.2 Å². The molecule has 0 atom stereocenters. The van der Waals surface area contributed by atoms with E-state index in [1.54, 1.807) is 36.4 Å². The van der Waals surface area contributed by atoms with E-state index in [1.807, 2.05) is 0 Å². The van der Waals surface area contributed by atoms with Gasteiger partial charge in [0.1, 0.15) is 11.6 Å². The van der Waals surface area contributed by atoms with Gasteiger partial charge < -0.3 is 25.2 Å². The van der Waals surface area contributed by atoms with Crippen molar-refractivity contribution >= 4 is 23.3 Å². The number of carbonyl (C=O) groups is 2. The van der Waals surface area contributed by atoms with Gasteiger partial charge in [0.05, 0.1) is 19.8 Å². The summed E-state index contributed by atoms with van der Waals surface area (Å²) >= 11 is 0. The molecule has 2 rings (SSSR count). The number of carbonyl (C=O) groups excluding carboxylic acids is 1. The zero-order valence-corrected chi connectivity index (χ0v) is 14.6. The first-order valence-corrected chi connectivity index (χ1v) is 7.72. The van der Waals surface area contributed by atoms with Crippen molar-refractivity contribution in [3.63, 3.8) is 0 Å². The molecular formula is C19H17N3O5. The highest BCUT2D eigenvalue weighted by atomic mass is 16.5. The lowest BCUT2D eigenvalue weighted by Crippen LogP contribution is -2.14. The highest BCUT2D eigenvalue weighted by Gasteiger charge is 2.12. The van der Waals surface area contributed by atoms with Gasteiger partial charge in [0.25, 0.3) is 5.91 Å². The fourth-order valence-electron chi connectivity index (χ4n) is 2.16. The minimum absolute atomic E-state index is 0.0849. The molecule has 1 amide bonds. The van der Waals surface area contributed by atoms with Crippen molar-refractivity contribution in [1.29, 1.82) is 5.26 Å². The summed E-state index contributed by atoms with van der Waals surface area (Å²) in [5.74, 6) is -0.770. The Balaban J connectivity index is 2.14. The summed E-state index contributed by atoms with van der Waals surface area (Å²) in [6, 6.07) is 12.6. The van der Waals surface area contributed by atoms with Crippen molar-refractivity contribution in [3.05, 3.63) is 59.8 Å². The number of rotatable bonds is 7. The first-order chi connectivity index (χ1) is 13.0. The van der Waals surface area contributed by atoms with E-state index < -0.39 is 11.9 Å². The fraction of sp³-hybridized carbons (Fsp3) is 0.105. The van der Waals surface area contributed by atoms with Crippen molar-refractivity contribution in [3.8, 4) is 17.6 Å². The summed E-state index contributed by atoms with van der Waals surface area (Å²) in [6.07, 6.45) is 1.21. The molecule has 0 unspecified atom stereocenters.